The first-order valence-electron chi connectivity index (χ1n) is 7.87. The van der Waals surface area contributed by atoms with Gasteiger partial charge in [0.15, 0.2) is 23.2 Å². The van der Waals surface area contributed by atoms with Crippen molar-refractivity contribution in [2.45, 2.75) is 6.54 Å². The number of anilines is 1. The third kappa shape index (κ3) is 3.18. The van der Waals surface area contributed by atoms with Gasteiger partial charge in [0.25, 0.3) is 0 Å². The molecule has 1 aromatic heterocycles. The summed E-state index contributed by atoms with van der Waals surface area (Å²) < 4.78 is 49.0. The number of aryl methyl sites for hydroxylation is 1. The summed E-state index contributed by atoms with van der Waals surface area (Å²) in [5, 5.41) is 0. The second-order valence-corrected chi connectivity index (χ2v) is 6.77. The normalized spacial score (nSPS) is 13.4. The van der Waals surface area contributed by atoms with Gasteiger partial charge in [0.1, 0.15) is 5.69 Å². The molecule has 1 aliphatic rings. The van der Waals surface area contributed by atoms with Gasteiger partial charge in [0, 0.05) is 17.2 Å². The van der Waals surface area contributed by atoms with Crippen LogP contribution >= 0.6 is 15.9 Å². The summed E-state index contributed by atoms with van der Waals surface area (Å²) in [7, 11) is 1.76. The molecule has 2 heterocycles. The maximum Gasteiger partial charge on any atom is 0.304 e. The van der Waals surface area contributed by atoms with Crippen LogP contribution in [0.2, 0.25) is 0 Å². The zero-order valence-electron chi connectivity index (χ0n) is 14.0. The van der Waals surface area contributed by atoms with Crippen molar-refractivity contribution in [3.63, 3.8) is 0 Å². The first-order chi connectivity index (χ1) is 12.9. The number of ether oxygens (including phenoxy) is 1. The molecule has 0 saturated carbocycles. The van der Waals surface area contributed by atoms with Crippen LogP contribution in [0.25, 0.3) is 0 Å². The van der Waals surface area contributed by atoms with Crippen LogP contribution in [0.15, 0.2) is 52.2 Å². The number of nitrogens with zero attached hydrogens (tertiary/aromatic N) is 4. The summed E-state index contributed by atoms with van der Waals surface area (Å²) in [6, 6.07) is 9.15. The van der Waals surface area contributed by atoms with E-state index in [1.54, 1.807) is 22.8 Å². The predicted molar refractivity (Wildman–Crippen MR) is 97.6 cm³/mol. The van der Waals surface area contributed by atoms with Gasteiger partial charge in [0.05, 0.1) is 12.9 Å². The SMILES string of the molecule is Cn1cnc2c1N=C(Oc1ccc(F)c(F)c1F)N(c1ccc(Br)cc1)C2. The van der Waals surface area contributed by atoms with Crippen LogP contribution in [0.5, 0.6) is 5.75 Å². The smallest absolute Gasteiger partial charge is 0.304 e. The Balaban J connectivity index is 1.78. The first-order valence-corrected chi connectivity index (χ1v) is 8.66. The van der Waals surface area contributed by atoms with Gasteiger partial charge in [-0.2, -0.15) is 9.38 Å². The van der Waals surface area contributed by atoms with Crippen LogP contribution in [-0.2, 0) is 13.6 Å². The minimum absolute atomic E-state index is 0.0262. The molecule has 0 amide bonds. The number of aliphatic imine (C=N–C) groups is 1. The Kier molecular flexibility index (Phi) is 4.39. The molecule has 138 valence electrons. The van der Waals surface area contributed by atoms with Crippen molar-refractivity contribution in [2.24, 2.45) is 12.0 Å². The quantitative estimate of drug-likeness (QED) is 0.547. The number of hydrogen-bond donors (Lipinski definition) is 0. The summed E-state index contributed by atoms with van der Waals surface area (Å²) >= 11 is 3.37. The van der Waals surface area contributed by atoms with Gasteiger partial charge in [-0.3, -0.25) is 4.90 Å². The molecule has 0 N–H and O–H groups in total. The molecule has 4 rings (SSSR count). The highest BCUT2D eigenvalue weighted by atomic mass is 79.9. The van der Waals surface area contributed by atoms with Gasteiger partial charge in [-0.1, -0.05) is 15.9 Å². The molecule has 3 aromatic rings. The Morgan fingerprint density at radius 1 is 1.04 bits per heavy atom. The van der Waals surface area contributed by atoms with E-state index in [0.29, 0.717) is 18.1 Å². The Bertz CT molecular complexity index is 1050. The van der Waals surface area contributed by atoms with Gasteiger partial charge in [0.2, 0.25) is 5.82 Å². The predicted octanol–water partition coefficient (Wildman–Crippen LogP) is 4.69. The van der Waals surface area contributed by atoms with Gasteiger partial charge in [-0.05, 0) is 36.4 Å². The van der Waals surface area contributed by atoms with Crippen molar-refractivity contribution in [1.82, 2.24) is 9.55 Å². The van der Waals surface area contributed by atoms with Crippen molar-refractivity contribution < 1.29 is 17.9 Å². The van der Waals surface area contributed by atoms with Crippen molar-refractivity contribution in [3.05, 3.63) is 70.3 Å². The van der Waals surface area contributed by atoms with Gasteiger partial charge >= 0.3 is 6.02 Å². The molecule has 2 aromatic carbocycles. The van der Waals surface area contributed by atoms with Crippen LogP contribution in [0.4, 0.5) is 24.7 Å². The first kappa shape index (κ1) is 17.6. The minimum atomic E-state index is -1.60. The number of rotatable bonds is 2. The Morgan fingerprint density at radius 2 is 1.78 bits per heavy atom. The monoisotopic (exact) mass is 436 g/mol. The van der Waals surface area contributed by atoms with Crippen LogP contribution in [-0.4, -0.2) is 15.6 Å². The lowest BCUT2D eigenvalue weighted by Gasteiger charge is -2.28. The largest absolute Gasteiger partial charge is 0.422 e. The van der Waals surface area contributed by atoms with E-state index in [1.165, 1.54) is 0 Å². The average molecular weight is 437 g/mol. The van der Waals surface area contributed by atoms with Crippen molar-refractivity contribution in [1.29, 1.82) is 0 Å². The van der Waals surface area contributed by atoms with Gasteiger partial charge < -0.3 is 9.30 Å². The van der Waals surface area contributed by atoms with Crippen molar-refractivity contribution in [3.8, 4) is 5.75 Å². The second kappa shape index (κ2) is 6.73. The van der Waals surface area contributed by atoms with Crippen molar-refractivity contribution >= 4 is 33.5 Å². The number of amidine groups is 1. The molecule has 0 aliphatic carbocycles. The molecule has 9 heteroatoms. The molecule has 0 radical (unpaired) electrons. The third-order valence-electron chi connectivity index (χ3n) is 4.06. The zero-order chi connectivity index (χ0) is 19.1. The fraction of sp³-hybridized carbons (Fsp3) is 0.111. The Morgan fingerprint density at radius 3 is 2.52 bits per heavy atom. The summed E-state index contributed by atoms with van der Waals surface area (Å²) in [5.74, 6) is -4.21. The average Bonchev–Trinajstić information content (AvgIpc) is 3.02. The maximum absolute atomic E-state index is 14.1. The van der Waals surface area contributed by atoms with E-state index >= 15 is 0 Å². The van der Waals surface area contributed by atoms with Crippen LogP contribution in [0, 0.1) is 17.5 Å². The Labute approximate surface area is 160 Å². The van der Waals surface area contributed by atoms with Gasteiger partial charge in [-0.15, -0.1) is 0 Å². The number of imidazole rings is 1. The number of benzene rings is 2. The van der Waals surface area contributed by atoms with Gasteiger partial charge in [-0.25, -0.2) is 13.8 Å². The second-order valence-electron chi connectivity index (χ2n) is 5.86. The highest BCUT2D eigenvalue weighted by Crippen LogP contribution is 2.31. The molecule has 0 atom stereocenters. The molecular weight excluding hydrogens is 425 g/mol. The molecule has 0 saturated heterocycles. The van der Waals surface area contributed by atoms with E-state index in [4.69, 9.17) is 4.74 Å². The summed E-state index contributed by atoms with van der Waals surface area (Å²) in [4.78, 5) is 10.4. The lowest BCUT2D eigenvalue weighted by molar-refractivity contribution is 0.409. The summed E-state index contributed by atoms with van der Waals surface area (Å²) in [5.41, 5.74) is 1.43. The van der Waals surface area contributed by atoms with E-state index in [2.05, 4.69) is 25.9 Å². The van der Waals surface area contributed by atoms with Crippen LogP contribution in [0.1, 0.15) is 5.69 Å². The fourth-order valence-corrected chi connectivity index (χ4v) is 2.95. The van der Waals surface area contributed by atoms with E-state index in [1.807, 2.05) is 24.3 Å². The third-order valence-corrected chi connectivity index (χ3v) is 4.59. The molecule has 0 spiro atoms. The number of fused-ring (bicyclic) bond motifs is 1. The topological polar surface area (TPSA) is 42.6 Å². The number of hydrogen-bond acceptors (Lipinski definition) is 4. The molecular formula is C18H12BrF3N4O. The van der Waals surface area contributed by atoms with E-state index in [0.717, 1.165) is 22.3 Å². The maximum atomic E-state index is 14.1. The highest BCUT2D eigenvalue weighted by molar-refractivity contribution is 9.10. The zero-order valence-corrected chi connectivity index (χ0v) is 15.5. The van der Waals surface area contributed by atoms with E-state index in [-0.39, 0.29) is 6.02 Å². The minimum Gasteiger partial charge on any atom is -0.422 e. The fourth-order valence-electron chi connectivity index (χ4n) is 2.68. The highest BCUT2D eigenvalue weighted by Gasteiger charge is 2.27. The summed E-state index contributed by atoms with van der Waals surface area (Å²) in [6.45, 7) is 0.321. The molecule has 0 fully saturated rings. The number of halogens is 4. The molecule has 0 unspecified atom stereocenters. The Hall–Kier alpha value is -2.81. The van der Waals surface area contributed by atoms with Crippen molar-refractivity contribution in [2.75, 3.05) is 4.90 Å². The van der Waals surface area contributed by atoms with Crippen LogP contribution in [0.3, 0.4) is 0 Å². The number of aromatic nitrogens is 2. The van der Waals surface area contributed by atoms with Crippen LogP contribution < -0.4 is 9.64 Å². The lowest BCUT2D eigenvalue weighted by Crippen LogP contribution is -2.37. The standard InChI is InChI=1S/C18H12BrF3N4O/c1-25-9-23-13-8-26(11-4-2-10(19)3-5-11)18(24-17(13)25)27-14-7-6-12(20)15(21)16(14)22/h2-7,9H,8H2,1H3. The summed E-state index contributed by atoms with van der Waals surface area (Å²) in [6.07, 6.45) is 1.61. The van der Waals surface area contributed by atoms with E-state index in [9.17, 15) is 13.2 Å². The lowest BCUT2D eigenvalue weighted by atomic mass is 10.2. The molecule has 27 heavy (non-hydrogen) atoms. The molecule has 0 bridgehead atoms. The molecule has 5 nitrogen and oxygen atoms in total. The molecule has 1 aliphatic heterocycles. The van der Waals surface area contributed by atoms with E-state index < -0.39 is 23.2 Å².